The zero-order chi connectivity index (χ0) is 12.0. The van der Waals surface area contributed by atoms with E-state index in [1.165, 1.54) is 0 Å². The van der Waals surface area contributed by atoms with Crippen LogP contribution in [0.3, 0.4) is 0 Å². The molecule has 0 aromatic carbocycles. The molecule has 0 fully saturated rings. The molecule has 0 bridgehead atoms. The monoisotopic (exact) mass is 225 g/mol. The van der Waals surface area contributed by atoms with Crippen molar-refractivity contribution in [1.29, 1.82) is 0 Å². The predicted molar refractivity (Wildman–Crippen MR) is 60.7 cm³/mol. The molecule has 16 heavy (non-hydrogen) atoms. The molecule has 0 saturated carbocycles. The number of nitrogens with one attached hydrogen (secondary N) is 2. The van der Waals surface area contributed by atoms with Gasteiger partial charge in [0.1, 0.15) is 6.54 Å². The lowest BCUT2D eigenvalue weighted by Gasteiger charge is -2.04. The van der Waals surface area contributed by atoms with E-state index in [2.05, 4.69) is 34.8 Å². The SMILES string of the molecule is CCNC(=O)Cn1cc(CNC(C)C)nn1. The van der Waals surface area contributed by atoms with Gasteiger partial charge < -0.3 is 10.6 Å². The molecule has 0 saturated heterocycles. The first-order valence-electron chi connectivity index (χ1n) is 5.51. The maximum absolute atomic E-state index is 11.3. The van der Waals surface area contributed by atoms with Gasteiger partial charge in [0.05, 0.1) is 11.9 Å². The molecular formula is C10H19N5O. The van der Waals surface area contributed by atoms with E-state index in [0.29, 0.717) is 19.1 Å². The van der Waals surface area contributed by atoms with Crippen LogP contribution in [0.4, 0.5) is 0 Å². The fraction of sp³-hybridized carbons (Fsp3) is 0.700. The molecule has 1 heterocycles. The Morgan fingerprint density at radius 2 is 2.31 bits per heavy atom. The van der Waals surface area contributed by atoms with Gasteiger partial charge in [-0.2, -0.15) is 0 Å². The average Bonchev–Trinajstić information content (AvgIpc) is 2.63. The Bertz CT molecular complexity index is 334. The topological polar surface area (TPSA) is 71.8 Å². The lowest BCUT2D eigenvalue weighted by Crippen LogP contribution is -2.27. The summed E-state index contributed by atoms with van der Waals surface area (Å²) in [5.41, 5.74) is 0.845. The van der Waals surface area contributed by atoms with Crippen LogP contribution in [0.5, 0.6) is 0 Å². The van der Waals surface area contributed by atoms with Gasteiger partial charge in [-0.3, -0.25) is 4.79 Å². The molecule has 1 amide bonds. The standard InChI is InChI=1S/C10H19N5O/c1-4-11-10(16)7-15-6-9(13-14-15)5-12-8(2)3/h6,8,12H,4-5,7H2,1-3H3,(H,11,16). The van der Waals surface area contributed by atoms with Crippen LogP contribution in [0.15, 0.2) is 6.20 Å². The van der Waals surface area contributed by atoms with Gasteiger partial charge in [-0.15, -0.1) is 5.10 Å². The normalized spacial score (nSPS) is 10.8. The number of nitrogens with zero attached hydrogens (tertiary/aromatic N) is 3. The van der Waals surface area contributed by atoms with Crippen LogP contribution < -0.4 is 10.6 Å². The highest BCUT2D eigenvalue weighted by Crippen LogP contribution is 1.93. The second-order valence-electron chi connectivity index (χ2n) is 3.90. The fourth-order valence-electron chi connectivity index (χ4n) is 1.21. The highest BCUT2D eigenvalue weighted by molar-refractivity contribution is 5.75. The first-order valence-corrected chi connectivity index (χ1v) is 5.51. The molecule has 0 radical (unpaired) electrons. The number of aromatic nitrogens is 3. The molecule has 0 atom stereocenters. The van der Waals surface area contributed by atoms with Crippen molar-refractivity contribution in [3.63, 3.8) is 0 Å². The Labute approximate surface area is 95.4 Å². The van der Waals surface area contributed by atoms with Crippen LogP contribution in [0.25, 0.3) is 0 Å². The van der Waals surface area contributed by atoms with Crippen molar-refractivity contribution < 1.29 is 4.79 Å². The van der Waals surface area contributed by atoms with Crippen molar-refractivity contribution in [1.82, 2.24) is 25.6 Å². The van der Waals surface area contributed by atoms with Gasteiger partial charge in [-0.05, 0) is 6.92 Å². The number of hydrogen-bond acceptors (Lipinski definition) is 4. The predicted octanol–water partition coefficient (Wildman–Crippen LogP) is -0.0878. The third kappa shape index (κ3) is 4.39. The van der Waals surface area contributed by atoms with E-state index in [-0.39, 0.29) is 12.5 Å². The molecular weight excluding hydrogens is 206 g/mol. The van der Waals surface area contributed by atoms with Crippen LogP contribution in [0, 0.1) is 0 Å². The van der Waals surface area contributed by atoms with Crippen LogP contribution in [0.1, 0.15) is 26.5 Å². The molecule has 0 spiro atoms. The lowest BCUT2D eigenvalue weighted by molar-refractivity contribution is -0.121. The first kappa shape index (κ1) is 12.6. The summed E-state index contributed by atoms with van der Waals surface area (Å²) in [7, 11) is 0. The van der Waals surface area contributed by atoms with Crippen LogP contribution in [-0.4, -0.2) is 33.5 Å². The summed E-state index contributed by atoms with van der Waals surface area (Å²) in [5.74, 6) is -0.0456. The minimum atomic E-state index is -0.0456. The summed E-state index contributed by atoms with van der Waals surface area (Å²) in [6, 6.07) is 0.411. The first-order chi connectivity index (χ1) is 7.61. The molecule has 0 aliphatic carbocycles. The number of likely N-dealkylation sites (N-methyl/N-ethyl adjacent to an activating group) is 1. The highest BCUT2D eigenvalue weighted by Gasteiger charge is 2.05. The second-order valence-corrected chi connectivity index (χ2v) is 3.90. The Morgan fingerprint density at radius 3 is 2.94 bits per heavy atom. The maximum Gasteiger partial charge on any atom is 0.241 e. The molecule has 1 rings (SSSR count). The molecule has 2 N–H and O–H groups in total. The molecule has 6 heteroatoms. The van der Waals surface area contributed by atoms with E-state index in [0.717, 1.165) is 5.69 Å². The number of rotatable bonds is 6. The molecule has 1 aromatic rings. The fourth-order valence-corrected chi connectivity index (χ4v) is 1.21. The summed E-state index contributed by atoms with van der Waals surface area (Å²) in [4.78, 5) is 11.3. The van der Waals surface area contributed by atoms with Crippen molar-refractivity contribution in [3.05, 3.63) is 11.9 Å². The molecule has 0 unspecified atom stereocenters. The lowest BCUT2D eigenvalue weighted by atomic mass is 10.3. The Balaban J connectivity index is 2.42. The summed E-state index contributed by atoms with van der Waals surface area (Å²) in [6.07, 6.45) is 1.78. The molecule has 1 aromatic heterocycles. The summed E-state index contributed by atoms with van der Waals surface area (Å²) >= 11 is 0. The maximum atomic E-state index is 11.3. The number of carbonyl (C=O) groups excluding carboxylic acids is 1. The number of amides is 1. The van der Waals surface area contributed by atoms with Crippen molar-refractivity contribution in [3.8, 4) is 0 Å². The molecule has 90 valence electrons. The van der Waals surface area contributed by atoms with Gasteiger partial charge in [0, 0.05) is 19.1 Å². The zero-order valence-electron chi connectivity index (χ0n) is 10.0. The van der Waals surface area contributed by atoms with Gasteiger partial charge in [-0.25, -0.2) is 4.68 Å². The summed E-state index contributed by atoms with van der Waals surface area (Å²) < 4.78 is 1.54. The van der Waals surface area contributed by atoms with E-state index in [1.54, 1.807) is 10.9 Å². The second kappa shape index (κ2) is 6.22. The summed E-state index contributed by atoms with van der Waals surface area (Å²) in [6.45, 7) is 7.56. The van der Waals surface area contributed by atoms with Gasteiger partial charge in [-0.1, -0.05) is 19.1 Å². The van der Waals surface area contributed by atoms with Crippen molar-refractivity contribution >= 4 is 5.91 Å². The minimum absolute atomic E-state index is 0.0456. The molecule has 0 aliphatic rings. The van der Waals surface area contributed by atoms with E-state index in [1.807, 2.05) is 6.92 Å². The van der Waals surface area contributed by atoms with E-state index < -0.39 is 0 Å². The third-order valence-corrected chi connectivity index (χ3v) is 1.96. The van der Waals surface area contributed by atoms with Gasteiger partial charge in [0.25, 0.3) is 0 Å². The van der Waals surface area contributed by atoms with Crippen LogP contribution in [0.2, 0.25) is 0 Å². The zero-order valence-corrected chi connectivity index (χ0v) is 10.0. The molecule has 6 nitrogen and oxygen atoms in total. The van der Waals surface area contributed by atoms with Crippen molar-refractivity contribution in [2.45, 2.75) is 39.9 Å². The van der Waals surface area contributed by atoms with Gasteiger partial charge in [0.2, 0.25) is 5.91 Å². The largest absolute Gasteiger partial charge is 0.355 e. The molecule has 0 aliphatic heterocycles. The van der Waals surface area contributed by atoms with E-state index in [9.17, 15) is 4.79 Å². The van der Waals surface area contributed by atoms with Crippen LogP contribution >= 0.6 is 0 Å². The quantitative estimate of drug-likeness (QED) is 0.710. The average molecular weight is 225 g/mol. The van der Waals surface area contributed by atoms with E-state index in [4.69, 9.17) is 0 Å². The highest BCUT2D eigenvalue weighted by atomic mass is 16.2. The Morgan fingerprint density at radius 1 is 1.56 bits per heavy atom. The van der Waals surface area contributed by atoms with Crippen molar-refractivity contribution in [2.24, 2.45) is 0 Å². The van der Waals surface area contributed by atoms with Crippen LogP contribution in [-0.2, 0) is 17.9 Å². The Hall–Kier alpha value is -1.43. The minimum Gasteiger partial charge on any atom is -0.355 e. The van der Waals surface area contributed by atoms with Gasteiger partial charge in [0.15, 0.2) is 0 Å². The number of hydrogen-bond donors (Lipinski definition) is 2. The Kier molecular flexibility index (Phi) is 4.91. The number of carbonyl (C=O) groups is 1. The van der Waals surface area contributed by atoms with Crippen molar-refractivity contribution in [2.75, 3.05) is 6.54 Å². The third-order valence-electron chi connectivity index (χ3n) is 1.96. The van der Waals surface area contributed by atoms with Gasteiger partial charge >= 0.3 is 0 Å². The smallest absolute Gasteiger partial charge is 0.241 e. The van der Waals surface area contributed by atoms with E-state index >= 15 is 0 Å². The summed E-state index contributed by atoms with van der Waals surface area (Å²) in [5, 5.41) is 13.8.